The topological polar surface area (TPSA) is 55.0 Å². The summed E-state index contributed by atoms with van der Waals surface area (Å²) in [5, 5.41) is 1.26. The molecule has 0 saturated heterocycles. The summed E-state index contributed by atoms with van der Waals surface area (Å²) in [6.45, 7) is 0.393. The fourth-order valence-electron chi connectivity index (χ4n) is 2.71. The Morgan fingerprint density at radius 2 is 1.65 bits per heavy atom. The van der Waals surface area contributed by atoms with Crippen molar-refractivity contribution in [1.29, 1.82) is 0 Å². The smallest absolute Gasteiger partial charge is 0.259 e. The van der Waals surface area contributed by atoms with Crippen LogP contribution in [0.5, 0.6) is 5.75 Å². The Kier molecular flexibility index (Phi) is 4.42. The summed E-state index contributed by atoms with van der Waals surface area (Å²) in [4.78, 5) is 19.6. The van der Waals surface area contributed by atoms with Gasteiger partial charge in [0.05, 0.1) is 10.9 Å². The quantitative estimate of drug-likeness (QED) is 0.566. The summed E-state index contributed by atoms with van der Waals surface area (Å²) in [7, 11) is 0. The van der Waals surface area contributed by atoms with E-state index in [-0.39, 0.29) is 5.56 Å². The molecule has 26 heavy (non-hydrogen) atoms. The SMILES string of the molecule is O=c1[nH]c(-c2ccc(OCc3ccccc3Cl)cc2)nc2ccccc12. The molecule has 1 heterocycles. The normalized spacial score (nSPS) is 10.8. The molecule has 0 atom stereocenters. The highest BCUT2D eigenvalue weighted by atomic mass is 35.5. The maximum Gasteiger partial charge on any atom is 0.259 e. The Morgan fingerprint density at radius 1 is 0.923 bits per heavy atom. The van der Waals surface area contributed by atoms with Crippen LogP contribution in [0.3, 0.4) is 0 Å². The lowest BCUT2D eigenvalue weighted by Crippen LogP contribution is -2.09. The van der Waals surface area contributed by atoms with E-state index >= 15 is 0 Å². The van der Waals surface area contributed by atoms with Crippen LogP contribution in [0.4, 0.5) is 0 Å². The van der Waals surface area contributed by atoms with E-state index in [0.29, 0.717) is 28.4 Å². The van der Waals surface area contributed by atoms with Crippen molar-refractivity contribution in [3.05, 3.63) is 93.7 Å². The van der Waals surface area contributed by atoms with Crippen molar-refractivity contribution >= 4 is 22.5 Å². The second-order valence-electron chi connectivity index (χ2n) is 5.84. The molecule has 3 aromatic carbocycles. The van der Waals surface area contributed by atoms with Gasteiger partial charge in [-0.25, -0.2) is 4.98 Å². The van der Waals surface area contributed by atoms with Gasteiger partial charge in [-0.3, -0.25) is 4.79 Å². The van der Waals surface area contributed by atoms with Crippen molar-refractivity contribution in [2.75, 3.05) is 0 Å². The second kappa shape index (κ2) is 7.02. The van der Waals surface area contributed by atoms with E-state index in [9.17, 15) is 4.79 Å². The lowest BCUT2D eigenvalue weighted by molar-refractivity contribution is 0.306. The predicted octanol–water partition coefficient (Wildman–Crippen LogP) is 4.82. The third kappa shape index (κ3) is 3.32. The minimum atomic E-state index is -0.148. The number of fused-ring (bicyclic) bond motifs is 1. The van der Waals surface area contributed by atoms with Gasteiger partial charge < -0.3 is 9.72 Å². The standard InChI is InChI=1S/C21H15ClN2O2/c22-18-7-3-1-5-15(18)13-26-16-11-9-14(10-12-16)20-23-19-8-4-2-6-17(19)21(25)24-20/h1-12H,13H2,(H,23,24,25). The minimum Gasteiger partial charge on any atom is -0.489 e. The first-order valence-electron chi connectivity index (χ1n) is 8.16. The number of hydrogen-bond donors (Lipinski definition) is 1. The van der Waals surface area contributed by atoms with E-state index < -0.39 is 0 Å². The number of rotatable bonds is 4. The summed E-state index contributed by atoms with van der Waals surface area (Å²) in [6.07, 6.45) is 0. The third-order valence-electron chi connectivity index (χ3n) is 4.09. The highest BCUT2D eigenvalue weighted by Crippen LogP contribution is 2.22. The summed E-state index contributed by atoms with van der Waals surface area (Å²) >= 11 is 6.14. The van der Waals surface area contributed by atoms with Crippen LogP contribution >= 0.6 is 11.6 Å². The van der Waals surface area contributed by atoms with Gasteiger partial charge in [0, 0.05) is 16.1 Å². The molecule has 1 N–H and O–H groups in total. The molecule has 0 spiro atoms. The van der Waals surface area contributed by atoms with E-state index in [0.717, 1.165) is 16.9 Å². The van der Waals surface area contributed by atoms with Crippen molar-refractivity contribution in [1.82, 2.24) is 9.97 Å². The van der Waals surface area contributed by atoms with Crippen LogP contribution < -0.4 is 10.3 Å². The monoisotopic (exact) mass is 362 g/mol. The molecule has 0 aliphatic heterocycles. The Hall–Kier alpha value is -3.11. The van der Waals surface area contributed by atoms with Gasteiger partial charge in [-0.05, 0) is 42.5 Å². The highest BCUT2D eigenvalue weighted by molar-refractivity contribution is 6.31. The molecule has 4 rings (SSSR count). The summed E-state index contributed by atoms with van der Waals surface area (Å²) in [6, 6.07) is 22.3. The summed E-state index contributed by atoms with van der Waals surface area (Å²) < 4.78 is 5.78. The van der Waals surface area contributed by atoms with E-state index in [1.807, 2.05) is 66.7 Å². The van der Waals surface area contributed by atoms with Crippen LogP contribution in [0.15, 0.2) is 77.6 Å². The highest BCUT2D eigenvalue weighted by Gasteiger charge is 2.06. The van der Waals surface area contributed by atoms with Crippen LogP contribution in [0.1, 0.15) is 5.56 Å². The predicted molar refractivity (Wildman–Crippen MR) is 104 cm³/mol. The summed E-state index contributed by atoms with van der Waals surface area (Å²) in [5.74, 6) is 1.25. The van der Waals surface area contributed by atoms with Crippen LogP contribution in [0.2, 0.25) is 5.02 Å². The number of nitrogens with zero attached hydrogens (tertiary/aromatic N) is 1. The van der Waals surface area contributed by atoms with Crippen molar-refractivity contribution in [2.24, 2.45) is 0 Å². The molecule has 5 heteroatoms. The Morgan fingerprint density at radius 3 is 2.46 bits per heavy atom. The molecule has 4 aromatic rings. The fourth-order valence-corrected chi connectivity index (χ4v) is 2.90. The van der Waals surface area contributed by atoms with Gasteiger partial charge in [0.2, 0.25) is 0 Å². The lowest BCUT2D eigenvalue weighted by Gasteiger charge is -2.09. The van der Waals surface area contributed by atoms with E-state index in [1.165, 1.54) is 0 Å². The maximum atomic E-state index is 12.2. The van der Waals surface area contributed by atoms with Gasteiger partial charge in [0.25, 0.3) is 5.56 Å². The Balaban J connectivity index is 1.56. The van der Waals surface area contributed by atoms with Crippen LogP contribution in [-0.2, 0) is 6.61 Å². The molecule has 0 bridgehead atoms. The number of aromatic amines is 1. The number of benzene rings is 3. The molecule has 128 valence electrons. The first-order chi connectivity index (χ1) is 12.7. The molecule has 0 fully saturated rings. The van der Waals surface area contributed by atoms with E-state index in [2.05, 4.69) is 9.97 Å². The largest absolute Gasteiger partial charge is 0.489 e. The molecule has 0 radical (unpaired) electrons. The fraction of sp³-hybridized carbons (Fsp3) is 0.0476. The Bertz CT molecular complexity index is 1120. The second-order valence-corrected chi connectivity index (χ2v) is 6.24. The van der Waals surface area contributed by atoms with Gasteiger partial charge in [-0.15, -0.1) is 0 Å². The van der Waals surface area contributed by atoms with Crippen molar-refractivity contribution in [3.63, 3.8) is 0 Å². The molecule has 0 amide bonds. The zero-order valence-corrected chi connectivity index (χ0v) is 14.5. The van der Waals surface area contributed by atoms with Gasteiger partial charge >= 0.3 is 0 Å². The lowest BCUT2D eigenvalue weighted by atomic mass is 10.2. The van der Waals surface area contributed by atoms with Gasteiger partial charge in [-0.2, -0.15) is 0 Å². The molecule has 4 nitrogen and oxygen atoms in total. The first-order valence-corrected chi connectivity index (χ1v) is 8.54. The maximum absolute atomic E-state index is 12.2. The average Bonchev–Trinajstić information content (AvgIpc) is 2.68. The molecular formula is C21H15ClN2O2. The Labute approximate surface area is 155 Å². The summed E-state index contributed by atoms with van der Waals surface area (Å²) in [5.41, 5.74) is 2.27. The number of nitrogens with one attached hydrogen (secondary N) is 1. The van der Waals surface area contributed by atoms with Crippen LogP contribution in [0.25, 0.3) is 22.3 Å². The number of hydrogen-bond acceptors (Lipinski definition) is 3. The van der Waals surface area contributed by atoms with Crippen LogP contribution in [0, 0.1) is 0 Å². The minimum absolute atomic E-state index is 0.148. The zero-order chi connectivity index (χ0) is 17.9. The molecular weight excluding hydrogens is 348 g/mol. The average molecular weight is 363 g/mol. The first kappa shape index (κ1) is 16.4. The molecule has 0 unspecified atom stereocenters. The zero-order valence-electron chi connectivity index (χ0n) is 13.8. The van der Waals surface area contributed by atoms with Gasteiger partial charge in [-0.1, -0.05) is 41.9 Å². The van der Waals surface area contributed by atoms with Crippen molar-refractivity contribution in [3.8, 4) is 17.1 Å². The van der Waals surface area contributed by atoms with Gasteiger partial charge in [0.15, 0.2) is 0 Å². The van der Waals surface area contributed by atoms with E-state index in [1.54, 1.807) is 6.07 Å². The van der Waals surface area contributed by atoms with Crippen LogP contribution in [-0.4, -0.2) is 9.97 Å². The number of aromatic nitrogens is 2. The van der Waals surface area contributed by atoms with E-state index in [4.69, 9.17) is 16.3 Å². The van der Waals surface area contributed by atoms with Crippen molar-refractivity contribution < 1.29 is 4.74 Å². The van der Waals surface area contributed by atoms with Gasteiger partial charge in [0.1, 0.15) is 18.2 Å². The third-order valence-corrected chi connectivity index (χ3v) is 4.46. The van der Waals surface area contributed by atoms with Crippen molar-refractivity contribution in [2.45, 2.75) is 6.61 Å². The number of para-hydroxylation sites is 1. The molecule has 0 aliphatic rings. The number of H-pyrrole nitrogens is 1. The number of ether oxygens (including phenoxy) is 1. The molecule has 1 aromatic heterocycles. The molecule has 0 saturated carbocycles. The molecule has 0 aliphatic carbocycles. The number of halogens is 1.